The number of benzene rings is 2. The number of rotatable bonds is 4. The van der Waals surface area contributed by atoms with Crippen LogP contribution in [0.1, 0.15) is 0 Å². The number of hydrogen-bond acceptors (Lipinski definition) is 4. The molecule has 0 aliphatic carbocycles. The summed E-state index contributed by atoms with van der Waals surface area (Å²) in [6.07, 6.45) is 0. The third-order valence-corrected chi connectivity index (χ3v) is 4.65. The lowest BCUT2D eigenvalue weighted by Gasteiger charge is -2.08. The van der Waals surface area contributed by atoms with Gasteiger partial charge in [0.15, 0.2) is 9.84 Å². The lowest BCUT2D eigenvalue weighted by atomic mass is 10.3. The molecule has 0 aromatic heterocycles. The lowest BCUT2D eigenvalue weighted by Crippen LogP contribution is -2.23. The Kier molecular flexibility index (Phi) is 4.50. The van der Waals surface area contributed by atoms with Crippen molar-refractivity contribution in [2.75, 3.05) is 16.8 Å². The zero-order valence-electron chi connectivity index (χ0n) is 10.9. The monoisotopic (exact) mass is 324 g/mol. The Bertz CT molecular complexity index is 761. The van der Waals surface area contributed by atoms with E-state index in [4.69, 9.17) is 17.3 Å². The van der Waals surface area contributed by atoms with Crippen LogP contribution in [0.5, 0.6) is 0 Å². The summed E-state index contributed by atoms with van der Waals surface area (Å²) in [5, 5.41) is 2.73. The number of sulfone groups is 1. The van der Waals surface area contributed by atoms with Gasteiger partial charge in [0.2, 0.25) is 5.91 Å². The predicted molar refractivity (Wildman–Crippen MR) is 83.0 cm³/mol. The number of anilines is 2. The maximum Gasteiger partial charge on any atom is 0.240 e. The average Bonchev–Trinajstić information content (AvgIpc) is 2.43. The number of carbonyl (C=O) groups is 1. The summed E-state index contributed by atoms with van der Waals surface area (Å²) in [7, 11) is -3.69. The van der Waals surface area contributed by atoms with Crippen molar-refractivity contribution in [1.82, 2.24) is 0 Å². The Morgan fingerprint density at radius 3 is 2.48 bits per heavy atom. The standard InChI is InChI=1S/C14H13ClN2O3S/c15-12-7-6-10(16)8-13(12)17-14(18)9-21(19,20)11-4-2-1-3-5-11/h1-8H,9,16H2,(H,17,18). The molecule has 0 aliphatic heterocycles. The van der Waals surface area contributed by atoms with Gasteiger partial charge in [0.1, 0.15) is 5.75 Å². The smallest absolute Gasteiger partial charge is 0.240 e. The van der Waals surface area contributed by atoms with Crippen LogP contribution in [0.3, 0.4) is 0 Å². The minimum atomic E-state index is -3.69. The SMILES string of the molecule is Nc1ccc(Cl)c(NC(=O)CS(=O)(=O)c2ccccc2)c1. The van der Waals surface area contributed by atoms with Gasteiger partial charge in [0.05, 0.1) is 15.6 Å². The van der Waals surface area contributed by atoms with Crippen molar-refractivity contribution in [3.05, 3.63) is 53.6 Å². The van der Waals surface area contributed by atoms with E-state index in [0.29, 0.717) is 5.69 Å². The molecule has 0 heterocycles. The molecule has 0 saturated heterocycles. The van der Waals surface area contributed by atoms with Crippen LogP contribution >= 0.6 is 11.6 Å². The van der Waals surface area contributed by atoms with Gasteiger partial charge >= 0.3 is 0 Å². The molecule has 0 unspecified atom stereocenters. The Morgan fingerprint density at radius 2 is 1.81 bits per heavy atom. The number of nitrogens with two attached hydrogens (primary N) is 1. The summed E-state index contributed by atoms with van der Waals surface area (Å²) in [5.74, 6) is -1.34. The third-order valence-electron chi connectivity index (χ3n) is 2.69. The summed E-state index contributed by atoms with van der Waals surface area (Å²) >= 11 is 5.91. The molecule has 1 amide bonds. The molecule has 0 atom stereocenters. The summed E-state index contributed by atoms with van der Waals surface area (Å²) in [6.45, 7) is 0. The molecule has 2 aromatic carbocycles. The van der Waals surface area contributed by atoms with Gasteiger partial charge in [-0.25, -0.2) is 8.42 Å². The van der Waals surface area contributed by atoms with Gasteiger partial charge in [-0.3, -0.25) is 4.79 Å². The molecule has 0 fully saturated rings. The van der Waals surface area contributed by atoms with E-state index in [1.807, 2.05) is 0 Å². The van der Waals surface area contributed by atoms with Crippen molar-refractivity contribution in [2.45, 2.75) is 4.90 Å². The second-order valence-corrected chi connectivity index (χ2v) is 6.76. The van der Waals surface area contributed by atoms with Crippen molar-refractivity contribution in [3.8, 4) is 0 Å². The van der Waals surface area contributed by atoms with Gasteiger partial charge in [-0.2, -0.15) is 0 Å². The van der Waals surface area contributed by atoms with Crippen LogP contribution in [0, 0.1) is 0 Å². The molecule has 110 valence electrons. The van der Waals surface area contributed by atoms with Crippen LogP contribution in [0.4, 0.5) is 11.4 Å². The fraction of sp³-hybridized carbons (Fsp3) is 0.0714. The predicted octanol–water partition coefficient (Wildman–Crippen LogP) is 2.33. The molecular weight excluding hydrogens is 312 g/mol. The van der Waals surface area contributed by atoms with E-state index < -0.39 is 21.5 Å². The van der Waals surface area contributed by atoms with E-state index in [9.17, 15) is 13.2 Å². The quantitative estimate of drug-likeness (QED) is 0.845. The first kappa shape index (κ1) is 15.3. The summed E-state index contributed by atoms with van der Waals surface area (Å²) < 4.78 is 24.1. The van der Waals surface area contributed by atoms with Gasteiger partial charge in [0.25, 0.3) is 0 Å². The van der Waals surface area contributed by atoms with E-state index in [1.165, 1.54) is 24.3 Å². The number of halogens is 1. The number of nitrogen functional groups attached to an aromatic ring is 1. The number of nitrogens with one attached hydrogen (secondary N) is 1. The minimum absolute atomic E-state index is 0.0961. The highest BCUT2D eigenvalue weighted by Crippen LogP contribution is 2.24. The molecule has 5 nitrogen and oxygen atoms in total. The first-order valence-electron chi connectivity index (χ1n) is 6.01. The molecule has 2 rings (SSSR count). The topological polar surface area (TPSA) is 89.3 Å². The van der Waals surface area contributed by atoms with Crippen molar-refractivity contribution >= 4 is 38.7 Å². The summed E-state index contributed by atoms with van der Waals surface area (Å²) in [5.41, 5.74) is 6.29. The lowest BCUT2D eigenvalue weighted by molar-refractivity contribution is -0.113. The van der Waals surface area contributed by atoms with E-state index in [1.54, 1.807) is 24.3 Å². The molecule has 0 bridgehead atoms. The Balaban J connectivity index is 2.14. The normalized spacial score (nSPS) is 11.1. The van der Waals surface area contributed by atoms with Crippen molar-refractivity contribution in [1.29, 1.82) is 0 Å². The maximum absolute atomic E-state index is 12.1. The van der Waals surface area contributed by atoms with E-state index >= 15 is 0 Å². The first-order valence-corrected chi connectivity index (χ1v) is 8.04. The first-order chi connectivity index (χ1) is 9.88. The number of carbonyl (C=O) groups excluding carboxylic acids is 1. The highest BCUT2D eigenvalue weighted by Gasteiger charge is 2.19. The third kappa shape index (κ3) is 3.96. The fourth-order valence-corrected chi connectivity index (χ4v) is 3.03. The minimum Gasteiger partial charge on any atom is -0.399 e. The largest absolute Gasteiger partial charge is 0.399 e. The van der Waals surface area contributed by atoms with Crippen LogP contribution in [0.2, 0.25) is 5.02 Å². The van der Waals surface area contributed by atoms with Gasteiger partial charge in [-0.05, 0) is 30.3 Å². The second-order valence-electron chi connectivity index (χ2n) is 4.36. The fourth-order valence-electron chi connectivity index (χ4n) is 1.71. The van der Waals surface area contributed by atoms with Gasteiger partial charge < -0.3 is 11.1 Å². The van der Waals surface area contributed by atoms with E-state index in [-0.39, 0.29) is 15.6 Å². The van der Waals surface area contributed by atoms with Crippen molar-refractivity contribution < 1.29 is 13.2 Å². The average molecular weight is 325 g/mol. The Labute approximate surface area is 127 Å². The summed E-state index contributed by atoms with van der Waals surface area (Å²) in [4.78, 5) is 12.0. The number of hydrogen-bond donors (Lipinski definition) is 2. The highest BCUT2D eigenvalue weighted by atomic mass is 35.5. The molecule has 0 radical (unpaired) electrons. The molecule has 2 aromatic rings. The molecule has 0 aliphatic rings. The molecular formula is C14H13ClN2O3S. The van der Waals surface area contributed by atoms with Crippen LogP contribution in [-0.2, 0) is 14.6 Å². The Hall–Kier alpha value is -2.05. The molecule has 21 heavy (non-hydrogen) atoms. The van der Waals surface area contributed by atoms with Crippen LogP contribution in [-0.4, -0.2) is 20.1 Å². The molecule has 7 heteroatoms. The van der Waals surface area contributed by atoms with Crippen molar-refractivity contribution in [2.24, 2.45) is 0 Å². The van der Waals surface area contributed by atoms with Gasteiger partial charge in [-0.1, -0.05) is 29.8 Å². The molecule has 0 saturated carbocycles. The zero-order valence-corrected chi connectivity index (χ0v) is 12.5. The highest BCUT2D eigenvalue weighted by molar-refractivity contribution is 7.92. The number of amides is 1. The summed E-state index contributed by atoms with van der Waals surface area (Å²) in [6, 6.07) is 12.4. The second kappa shape index (κ2) is 6.15. The van der Waals surface area contributed by atoms with Gasteiger partial charge in [0, 0.05) is 5.69 Å². The Morgan fingerprint density at radius 1 is 1.14 bits per heavy atom. The zero-order chi connectivity index (χ0) is 15.5. The van der Waals surface area contributed by atoms with Crippen LogP contribution in [0.25, 0.3) is 0 Å². The maximum atomic E-state index is 12.1. The molecule has 3 N–H and O–H groups in total. The van der Waals surface area contributed by atoms with Gasteiger partial charge in [-0.15, -0.1) is 0 Å². The van der Waals surface area contributed by atoms with Crippen molar-refractivity contribution in [3.63, 3.8) is 0 Å². The molecule has 0 spiro atoms. The van der Waals surface area contributed by atoms with E-state index in [2.05, 4.69) is 5.32 Å². The van der Waals surface area contributed by atoms with Crippen LogP contribution < -0.4 is 11.1 Å². The van der Waals surface area contributed by atoms with Crippen LogP contribution in [0.15, 0.2) is 53.4 Å². The van der Waals surface area contributed by atoms with E-state index in [0.717, 1.165) is 0 Å².